The molecule has 2 aromatic rings. The summed E-state index contributed by atoms with van der Waals surface area (Å²) in [7, 11) is 0. The van der Waals surface area contributed by atoms with E-state index in [4.69, 9.17) is 0 Å². The number of hydrogen-bond acceptors (Lipinski definition) is 2. The van der Waals surface area contributed by atoms with Gasteiger partial charge in [0.15, 0.2) is 0 Å². The molecule has 0 aliphatic heterocycles. The Bertz CT molecular complexity index is 292. The molecule has 0 fully saturated rings. The van der Waals surface area contributed by atoms with E-state index in [0.29, 0.717) is 0 Å². The van der Waals surface area contributed by atoms with Gasteiger partial charge in [-0.25, -0.2) is 0 Å². The van der Waals surface area contributed by atoms with Crippen LogP contribution in [0.4, 0.5) is 0 Å². The largest absolute Gasteiger partial charge is 1.00 e. The quantitative estimate of drug-likeness (QED) is 0.468. The van der Waals surface area contributed by atoms with Crippen LogP contribution in [0.5, 0.6) is 0 Å². The summed E-state index contributed by atoms with van der Waals surface area (Å²) in [6.07, 6.45) is 1.89. The zero-order valence-electron chi connectivity index (χ0n) is 6.74. The minimum Gasteiger partial charge on any atom is -1.00 e. The van der Waals surface area contributed by atoms with Gasteiger partial charge in [-0.2, -0.15) is 4.37 Å². The molecule has 0 aliphatic rings. The van der Waals surface area contributed by atoms with Crippen molar-refractivity contribution in [3.05, 3.63) is 30.5 Å². The van der Waals surface area contributed by atoms with Crippen LogP contribution in [0, 0.1) is 0 Å². The number of benzene rings is 1. The molecule has 0 radical (unpaired) electrons. The van der Waals surface area contributed by atoms with Crippen molar-refractivity contribution >= 4 is 21.6 Å². The van der Waals surface area contributed by atoms with E-state index >= 15 is 0 Å². The molecule has 0 amide bonds. The van der Waals surface area contributed by atoms with Gasteiger partial charge >= 0.3 is 29.6 Å². The fraction of sp³-hybridized carbons (Fsp3) is 0. The summed E-state index contributed by atoms with van der Waals surface area (Å²) >= 11 is 1.54. The van der Waals surface area contributed by atoms with Crippen LogP contribution in [0.1, 0.15) is 1.43 Å². The summed E-state index contributed by atoms with van der Waals surface area (Å²) in [6, 6.07) is 8.20. The summed E-state index contributed by atoms with van der Waals surface area (Å²) in [5.74, 6) is 0. The number of hydrogen-bond donors (Lipinski definition) is 0. The second-order valence-electron chi connectivity index (χ2n) is 1.86. The standard InChI is InChI=1S/C7H5NS.Na.H/c1-2-4-7-6(3-1)5-8-9-7;;/h1-5H;;/q;+1;-1. The predicted molar refractivity (Wildman–Crippen MR) is 40.7 cm³/mol. The number of nitrogens with zero attached hydrogens (tertiary/aromatic N) is 1. The Balaban J connectivity index is 0.000000500. The molecule has 3 heteroatoms. The fourth-order valence-corrected chi connectivity index (χ4v) is 1.46. The van der Waals surface area contributed by atoms with Crippen LogP contribution in [-0.4, -0.2) is 4.37 Å². The van der Waals surface area contributed by atoms with Crippen molar-refractivity contribution in [2.75, 3.05) is 0 Å². The van der Waals surface area contributed by atoms with Gasteiger partial charge in [0, 0.05) is 11.6 Å². The van der Waals surface area contributed by atoms with E-state index in [2.05, 4.69) is 16.5 Å². The maximum atomic E-state index is 4.04. The van der Waals surface area contributed by atoms with Crippen molar-refractivity contribution in [2.45, 2.75) is 0 Å². The van der Waals surface area contributed by atoms with Crippen LogP contribution in [0.25, 0.3) is 10.1 Å². The smallest absolute Gasteiger partial charge is 1.00 e. The van der Waals surface area contributed by atoms with Gasteiger partial charge in [-0.1, -0.05) is 18.2 Å². The van der Waals surface area contributed by atoms with E-state index in [1.54, 1.807) is 0 Å². The molecule has 46 valence electrons. The van der Waals surface area contributed by atoms with Crippen LogP contribution in [-0.2, 0) is 0 Å². The Hall–Kier alpha value is 0.110. The third-order valence-electron chi connectivity index (χ3n) is 1.26. The fourth-order valence-electron chi connectivity index (χ4n) is 0.810. The van der Waals surface area contributed by atoms with Gasteiger partial charge in [-0.15, -0.1) is 0 Å². The maximum Gasteiger partial charge on any atom is 1.00 e. The third kappa shape index (κ3) is 1.40. The van der Waals surface area contributed by atoms with E-state index < -0.39 is 0 Å². The first-order chi connectivity index (χ1) is 4.47. The van der Waals surface area contributed by atoms with Crippen LogP contribution in [0.2, 0.25) is 0 Å². The van der Waals surface area contributed by atoms with E-state index in [9.17, 15) is 0 Å². The molecule has 1 nitrogen and oxygen atoms in total. The average Bonchev–Trinajstić information content (AvgIpc) is 2.33. The SMILES string of the molecule is [H-].[Na+].c1ccc2sncc2c1. The van der Waals surface area contributed by atoms with Gasteiger partial charge in [0.2, 0.25) is 0 Å². The van der Waals surface area contributed by atoms with E-state index in [0.717, 1.165) is 0 Å². The molecule has 1 heterocycles. The average molecular weight is 159 g/mol. The van der Waals surface area contributed by atoms with Crippen molar-refractivity contribution in [3.8, 4) is 0 Å². The van der Waals surface area contributed by atoms with E-state index in [1.807, 2.05) is 18.3 Å². The van der Waals surface area contributed by atoms with Crippen LogP contribution in [0.3, 0.4) is 0 Å². The Kier molecular flexibility index (Phi) is 2.86. The summed E-state index contributed by atoms with van der Waals surface area (Å²) < 4.78 is 5.30. The summed E-state index contributed by atoms with van der Waals surface area (Å²) in [5.41, 5.74) is 0. The molecular weight excluding hydrogens is 153 g/mol. The molecule has 10 heavy (non-hydrogen) atoms. The van der Waals surface area contributed by atoms with Crippen molar-refractivity contribution in [3.63, 3.8) is 0 Å². The molecule has 0 saturated carbocycles. The molecular formula is C7H6NNaS. The van der Waals surface area contributed by atoms with Gasteiger partial charge in [0.05, 0.1) is 4.70 Å². The summed E-state index contributed by atoms with van der Waals surface area (Å²) in [4.78, 5) is 0. The Morgan fingerprint density at radius 3 is 2.90 bits per heavy atom. The minimum atomic E-state index is 0. The third-order valence-corrected chi connectivity index (χ3v) is 2.04. The Morgan fingerprint density at radius 2 is 2.10 bits per heavy atom. The van der Waals surface area contributed by atoms with Crippen LogP contribution < -0.4 is 29.6 Å². The number of rotatable bonds is 0. The molecule has 0 aliphatic carbocycles. The zero-order chi connectivity index (χ0) is 6.10. The minimum absolute atomic E-state index is 0. The van der Waals surface area contributed by atoms with Gasteiger partial charge < -0.3 is 1.43 Å². The molecule has 1 aromatic carbocycles. The molecule has 0 bridgehead atoms. The van der Waals surface area contributed by atoms with Crippen molar-refractivity contribution < 1.29 is 31.0 Å². The van der Waals surface area contributed by atoms with Crippen molar-refractivity contribution in [1.82, 2.24) is 4.37 Å². The molecule has 0 spiro atoms. The second-order valence-corrected chi connectivity index (χ2v) is 2.70. The van der Waals surface area contributed by atoms with E-state index in [-0.39, 0.29) is 31.0 Å². The van der Waals surface area contributed by atoms with Crippen LogP contribution in [0.15, 0.2) is 30.5 Å². The molecule has 2 rings (SSSR count). The maximum absolute atomic E-state index is 4.04. The van der Waals surface area contributed by atoms with Gasteiger partial charge in [0.1, 0.15) is 0 Å². The first kappa shape index (κ1) is 8.21. The Morgan fingerprint density at radius 1 is 1.30 bits per heavy atom. The number of aromatic nitrogens is 1. The summed E-state index contributed by atoms with van der Waals surface area (Å²) in [6.45, 7) is 0. The molecule has 0 unspecified atom stereocenters. The van der Waals surface area contributed by atoms with Crippen molar-refractivity contribution in [2.24, 2.45) is 0 Å². The second kappa shape index (κ2) is 3.49. The first-order valence-electron chi connectivity index (χ1n) is 2.76. The topological polar surface area (TPSA) is 12.9 Å². The van der Waals surface area contributed by atoms with Crippen LogP contribution >= 0.6 is 11.5 Å². The molecule has 0 atom stereocenters. The predicted octanol–water partition coefficient (Wildman–Crippen LogP) is -0.587. The van der Waals surface area contributed by atoms with E-state index in [1.165, 1.54) is 21.6 Å². The molecule has 0 N–H and O–H groups in total. The van der Waals surface area contributed by atoms with Crippen molar-refractivity contribution in [1.29, 1.82) is 0 Å². The molecule has 0 saturated heterocycles. The van der Waals surface area contributed by atoms with Gasteiger partial charge in [-0.05, 0) is 17.6 Å². The Labute approximate surface area is 87.0 Å². The monoisotopic (exact) mass is 159 g/mol. The molecule has 1 aromatic heterocycles. The van der Waals surface area contributed by atoms with Gasteiger partial charge in [-0.3, -0.25) is 0 Å². The van der Waals surface area contributed by atoms with Gasteiger partial charge in [0.25, 0.3) is 0 Å². The normalized spacial score (nSPS) is 9.20. The summed E-state index contributed by atoms with van der Waals surface area (Å²) in [5, 5.41) is 1.24. The number of fused-ring (bicyclic) bond motifs is 1. The first-order valence-corrected chi connectivity index (χ1v) is 3.53. The zero-order valence-corrected chi connectivity index (χ0v) is 8.56.